The monoisotopic (exact) mass is 255 g/mol. The lowest BCUT2D eigenvalue weighted by Crippen LogP contribution is -2.37. The van der Waals surface area contributed by atoms with E-state index in [9.17, 15) is 4.39 Å². The van der Waals surface area contributed by atoms with Crippen LogP contribution in [0.5, 0.6) is 11.5 Å². The normalized spacial score (nSPS) is 13.2. The molecule has 0 aliphatic heterocycles. The van der Waals surface area contributed by atoms with Gasteiger partial charge in [-0.15, -0.1) is 0 Å². The summed E-state index contributed by atoms with van der Waals surface area (Å²) in [5, 5.41) is 3.14. The van der Waals surface area contributed by atoms with Gasteiger partial charge >= 0.3 is 0 Å². The van der Waals surface area contributed by atoms with Gasteiger partial charge in [0, 0.05) is 23.7 Å². The number of ether oxygens (including phenoxy) is 2. The summed E-state index contributed by atoms with van der Waals surface area (Å²) in [6.07, 6.45) is -1.11. The molecular formula is C14H22FNO2. The molecule has 0 spiro atoms. The van der Waals surface area contributed by atoms with Gasteiger partial charge in [0.1, 0.15) is 17.7 Å². The highest BCUT2D eigenvalue weighted by Gasteiger charge is 2.18. The van der Waals surface area contributed by atoms with Crippen LogP contribution in [0.2, 0.25) is 0 Å². The summed E-state index contributed by atoms with van der Waals surface area (Å²) in [6.45, 7) is 6.27. The molecule has 0 saturated carbocycles. The van der Waals surface area contributed by atoms with Crippen LogP contribution in [0.3, 0.4) is 0 Å². The standard InChI is InChI=1S/C14H22FNO2/c1-14(2,3)16-9-12(15)11-7-6-10(17-4)8-13(11)18-5/h6-8,12,16H,9H2,1-5H3. The van der Waals surface area contributed by atoms with Crippen molar-refractivity contribution in [2.75, 3.05) is 20.8 Å². The second-order valence-corrected chi connectivity index (χ2v) is 5.21. The topological polar surface area (TPSA) is 30.5 Å². The fourth-order valence-electron chi connectivity index (χ4n) is 1.58. The molecule has 18 heavy (non-hydrogen) atoms. The number of rotatable bonds is 5. The first-order valence-corrected chi connectivity index (χ1v) is 5.98. The number of benzene rings is 1. The predicted octanol–water partition coefficient (Wildman–Crippen LogP) is 3.10. The summed E-state index contributed by atoms with van der Waals surface area (Å²) in [5.41, 5.74) is 0.430. The number of halogens is 1. The molecule has 1 unspecified atom stereocenters. The van der Waals surface area contributed by atoms with Crippen LogP contribution in [0.25, 0.3) is 0 Å². The molecule has 1 N–H and O–H groups in total. The van der Waals surface area contributed by atoms with Crippen LogP contribution in [-0.4, -0.2) is 26.3 Å². The minimum Gasteiger partial charge on any atom is -0.497 e. The second kappa shape index (κ2) is 6.05. The Morgan fingerprint density at radius 2 is 1.89 bits per heavy atom. The molecule has 3 nitrogen and oxygen atoms in total. The van der Waals surface area contributed by atoms with Crippen LogP contribution in [-0.2, 0) is 0 Å². The number of hydrogen-bond acceptors (Lipinski definition) is 3. The molecule has 0 saturated heterocycles. The van der Waals surface area contributed by atoms with E-state index in [1.165, 1.54) is 7.11 Å². The van der Waals surface area contributed by atoms with Gasteiger partial charge in [-0.1, -0.05) is 0 Å². The molecule has 102 valence electrons. The van der Waals surface area contributed by atoms with E-state index >= 15 is 0 Å². The van der Waals surface area contributed by atoms with E-state index in [1.807, 2.05) is 20.8 Å². The fraction of sp³-hybridized carbons (Fsp3) is 0.571. The molecule has 0 heterocycles. The second-order valence-electron chi connectivity index (χ2n) is 5.21. The first-order chi connectivity index (χ1) is 8.37. The molecule has 0 aliphatic rings. The molecule has 1 aromatic rings. The Hall–Kier alpha value is -1.29. The quantitative estimate of drug-likeness (QED) is 0.877. The van der Waals surface area contributed by atoms with Gasteiger partial charge in [0.15, 0.2) is 0 Å². The lowest BCUT2D eigenvalue weighted by molar-refractivity contribution is 0.281. The van der Waals surface area contributed by atoms with Gasteiger partial charge in [0.2, 0.25) is 0 Å². The van der Waals surface area contributed by atoms with E-state index in [2.05, 4.69) is 5.32 Å². The van der Waals surface area contributed by atoms with E-state index in [4.69, 9.17) is 9.47 Å². The molecule has 1 aromatic carbocycles. The van der Waals surface area contributed by atoms with Crippen LogP contribution in [0.4, 0.5) is 4.39 Å². The van der Waals surface area contributed by atoms with Gasteiger partial charge in [-0.05, 0) is 32.9 Å². The minimum absolute atomic E-state index is 0.107. The highest BCUT2D eigenvalue weighted by Crippen LogP contribution is 2.31. The van der Waals surface area contributed by atoms with Crippen molar-refractivity contribution in [2.45, 2.75) is 32.5 Å². The lowest BCUT2D eigenvalue weighted by Gasteiger charge is -2.23. The Balaban J connectivity index is 2.81. The highest BCUT2D eigenvalue weighted by molar-refractivity contribution is 5.42. The number of nitrogens with one attached hydrogen (secondary N) is 1. The van der Waals surface area contributed by atoms with Crippen LogP contribution in [0.15, 0.2) is 18.2 Å². The van der Waals surface area contributed by atoms with E-state index in [0.29, 0.717) is 17.1 Å². The predicted molar refractivity (Wildman–Crippen MR) is 71.2 cm³/mol. The van der Waals surface area contributed by atoms with E-state index in [0.717, 1.165) is 0 Å². The van der Waals surface area contributed by atoms with Crippen LogP contribution in [0, 0.1) is 0 Å². The van der Waals surface area contributed by atoms with Crippen molar-refractivity contribution in [3.63, 3.8) is 0 Å². The van der Waals surface area contributed by atoms with Gasteiger partial charge in [-0.25, -0.2) is 4.39 Å². The van der Waals surface area contributed by atoms with Crippen molar-refractivity contribution in [1.82, 2.24) is 5.32 Å². The fourth-order valence-corrected chi connectivity index (χ4v) is 1.58. The summed E-state index contributed by atoms with van der Waals surface area (Å²) in [7, 11) is 3.10. The smallest absolute Gasteiger partial charge is 0.141 e. The summed E-state index contributed by atoms with van der Waals surface area (Å²) in [6, 6.07) is 5.13. The van der Waals surface area contributed by atoms with Crippen molar-refractivity contribution in [3.05, 3.63) is 23.8 Å². The third-order valence-corrected chi connectivity index (χ3v) is 2.59. The molecule has 0 bridgehead atoms. The Labute approximate surface area is 108 Å². The maximum Gasteiger partial charge on any atom is 0.141 e. The molecule has 0 radical (unpaired) electrons. The van der Waals surface area contributed by atoms with E-state index in [1.54, 1.807) is 25.3 Å². The van der Waals surface area contributed by atoms with Crippen LogP contribution >= 0.6 is 0 Å². The zero-order valence-corrected chi connectivity index (χ0v) is 11.7. The molecule has 0 aromatic heterocycles. The SMILES string of the molecule is COc1ccc(C(F)CNC(C)(C)C)c(OC)c1. The maximum atomic E-state index is 14.2. The summed E-state index contributed by atoms with van der Waals surface area (Å²) < 4.78 is 24.4. The summed E-state index contributed by atoms with van der Waals surface area (Å²) in [4.78, 5) is 0. The van der Waals surface area contributed by atoms with Gasteiger partial charge in [0.25, 0.3) is 0 Å². The van der Waals surface area contributed by atoms with Crippen molar-refractivity contribution in [1.29, 1.82) is 0 Å². The molecule has 1 rings (SSSR count). The first-order valence-electron chi connectivity index (χ1n) is 5.98. The third kappa shape index (κ3) is 4.18. The van der Waals surface area contributed by atoms with Crippen molar-refractivity contribution in [3.8, 4) is 11.5 Å². The average Bonchev–Trinajstić information content (AvgIpc) is 2.34. The number of alkyl halides is 1. The lowest BCUT2D eigenvalue weighted by atomic mass is 10.1. The molecule has 0 aliphatic carbocycles. The third-order valence-electron chi connectivity index (χ3n) is 2.59. The number of hydrogen-bond donors (Lipinski definition) is 1. The Morgan fingerprint density at radius 3 is 2.39 bits per heavy atom. The molecular weight excluding hydrogens is 233 g/mol. The van der Waals surface area contributed by atoms with Crippen LogP contribution < -0.4 is 14.8 Å². The van der Waals surface area contributed by atoms with E-state index < -0.39 is 6.17 Å². The van der Waals surface area contributed by atoms with Gasteiger partial charge < -0.3 is 14.8 Å². The molecule has 0 fully saturated rings. The van der Waals surface area contributed by atoms with Gasteiger partial charge in [-0.3, -0.25) is 0 Å². The van der Waals surface area contributed by atoms with Gasteiger partial charge in [0.05, 0.1) is 14.2 Å². The largest absolute Gasteiger partial charge is 0.497 e. The molecule has 4 heteroatoms. The van der Waals surface area contributed by atoms with E-state index in [-0.39, 0.29) is 12.1 Å². The van der Waals surface area contributed by atoms with Crippen molar-refractivity contribution in [2.24, 2.45) is 0 Å². The van der Waals surface area contributed by atoms with Crippen molar-refractivity contribution < 1.29 is 13.9 Å². The first kappa shape index (κ1) is 14.8. The maximum absolute atomic E-state index is 14.2. The van der Waals surface area contributed by atoms with Crippen LogP contribution in [0.1, 0.15) is 32.5 Å². The zero-order valence-electron chi connectivity index (χ0n) is 11.7. The molecule has 0 amide bonds. The number of methoxy groups -OCH3 is 2. The Kier molecular flexibility index (Phi) is 4.96. The zero-order chi connectivity index (χ0) is 13.8. The molecule has 1 atom stereocenters. The Morgan fingerprint density at radius 1 is 1.22 bits per heavy atom. The summed E-state index contributed by atoms with van der Waals surface area (Å²) in [5.74, 6) is 1.17. The minimum atomic E-state index is -1.11. The van der Waals surface area contributed by atoms with Crippen molar-refractivity contribution >= 4 is 0 Å². The van der Waals surface area contributed by atoms with Gasteiger partial charge in [-0.2, -0.15) is 0 Å². The highest BCUT2D eigenvalue weighted by atomic mass is 19.1. The Bertz CT molecular complexity index is 388. The average molecular weight is 255 g/mol. The summed E-state index contributed by atoms with van der Waals surface area (Å²) >= 11 is 0.